The van der Waals surface area contributed by atoms with Gasteiger partial charge in [0.15, 0.2) is 9.96 Å². The lowest BCUT2D eigenvalue weighted by atomic mass is 10.6. The Labute approximate surface area is 81.9 Å². The predicted molar refractivity (Wildman–Crippen MR) is 48.8 cm³/mol. The van der Waals surface area contributed by atoms with Crippen molar-refractivity contribution in [1.82, 2.24) is 20.2 Å². The second-order valence-electron chi connectivity index (χ2n) is 2.31. The molecule has 0 aliphatic rings. The number of nitrogens with two attached hydrogens (primary N) is 1. The van der Waals surface area contributed by atoms with Gasteiger partial charge in [-0.05, 0) is 0 Å². The molecule has 0 aliphatic heterocycles. The average Bonchev–Trinajstić information content (AvgIpc) is 2.55. The zero-order valence-electron chi connectivity index (χ0n) is 7.09. The molecule has 0 aromatic carbocycles. The predicted octanol–water partition coefficient (Wildman–Crippen LogP) is -0.150. The third-order valence-electron chi connectivity index (χ3n) is 1.42. The minimum atomic E-state index is -0.633. The molecule has 0 atom stereocenters. The lowest BCUT2D eigenvalue weighted by molar-refractivity contribution is 0.0586. The first kappa shape index (κ1) is 8.75. The number of aromatic nitrogens is 4. The number of thiazole rings is 1. The molecular formula is C6H5N5O2S. The topological polar surface area (TPSA) is 104 Å². The number of carbonyl (C=O) groups excluding carboxylic acids is 1. The number of fused-ring (bicyclic) bond motifs is 1. The third kappa shape index (κ3) is 1.35. The van der Waals surface area contributed by atoms with E-state index in [1.807, 2.05) is 0 Å². The van der Waals surface area contributed by atoms with Crippen LogP contribution in [-0.2, 0) is 4.74 Å². The minimum Gasteiger partial charge on any atom is -0.463 e. The summed E-state index contributed by atoms with van der Waals surface area (Å²) in [4.78, 5) is 19.2. The molecule has 7 nitrogen and oxygen atoms in total. The molecule has 2 rings (SSSR count). The molecule has 0 saturated carbocycles. The van der Waals surface area contributed by atoms with Crippen molar-refractivity contribution < 1.29 is 9.53 Å². The summed E-state index contributed by atoms with van der Waals surface area (Å²) in [6, 6.07) is 0. The zero-order valence-corrected chi connectivity index (χ0v) is 7.91. The monoisotopic (exact) mass is 211 g/mol. The average molecular weight is 211 g/mol. The number of nitrogen functional groups attached to an aromatic ring is 1. The van der Waals surface area contributed by atoms with E-state index in [1.54, 1.807) is 0 Å². The van der Waals surface area contributed by atoms with Gasteiger partial charge in [0, 0.05) is 0 Å². The number of rotatable bonds is 1. The van der Waals surface area contributed by atoms with E-state index in [9.17, 15) is 4.79 Å². The largest absolute Gasteiger partial charge is 0.463 e. The molecule has 2 aromatic heterocycles. The Morgan fingerprint density at radius 3 is 2.93 bits per heavy atom. The highest BCUT2D eigenvalue weighted by Gasteiger charge is 2.13. The molecule has 2 N–H and O–H groups in total. The minimum absolute atomic E-state index is 0.0938. The normalized spacial score (nSPS) is 10.4. The van der Waals surface area contributed by atoms with Gasteiger partial charge >= 0.3 is 5.97 Å². The van der Waals surface area contributed by atoms with Crippen LogP contribution >= 0.6 is 11.3 Å². The molecule has 2 heterocycles. The van der Waals surface area contributed by atoms with Crippen LogP contribution in [0.15, 0.2) is 0 Å². The van der Waals surface area contributed by atoms with Crippen molar-refractivity contribution in [1.29, 1.82) is 0 Å². The van der Waals surface area contributed by atoms with Crippen LogP contribution in [0, 0.1) is 0 Å². The first-order valence-corrected chi connectivity index (χ1v) is 4.37. The molecule has 8 heteroatoms. The summed E-state index contributed by atoms with van der Waals surface area (Å²) in [6.07, 6.45) is 0. The van der Waals surface area contributed by atoms with Crippen LogP contribution in [0.1, 0.15) is 10.6 Å². The maximum Gasteiger partial charge on any atom is 0.378 e. The van der Waals surface area contributed by atoms with Gasteiger partial charge in [-0.1, -0.05) is 11.3 Å². The molecule has 0 amide bonds. The zero-order chi connectivity index (χ0) is 10.1. The van der Waals surface area contributed by atoms with Crippen molar-refractivity contribution in [2.45, 2.75) is 0 Å². The molecule has 0 radical (unpaired) electrons. The van der Waals surface area contributed by atoms with Crippen molar-refractivity contribution in [3.63, 3.8) is 0 Å². The summed E-state index contributed by atoms with van der Waals surface area (Å²) < 4.78 is 4.44. The molecule has 0 spiro atoms. The second-order valence-corrected chi connectivity index (χ2v) is 3.32. The Balaban J connectivity index is 2.55. The number of anilines is 1. The van der Waals surface area contributed by atoms with E-state index in [-0.39, 0.29) is 5.82 Å². The number of methoxy groups -OCH3 is 1. The highest BCUT2D eigenvalue weighted by atomic mass is 32.1. The van der Waals surface area contributed by atoms with Gasteiger partial charge in [0.2, 0.25) is 5.65 Å². The van der Waals surface area contributed by atoms with Gasteiger partial charge in [-0.25, -0.2) is 9.78 Å². The molecule has 72 valence electrons. The number of hydrogen-bond donors (Lipinski definition) is 1. The Morgan fingerprint density at radius 2 is 2.21 bits per heavy atom. The summed E-state index contributed by atoms with van der Waals surface area (Å²) in [5.41, 5.74) is 5.77. The Bertz CT molecular complexity index is 496. The van der Waals surface area contributed by atoms with Crippen LogP contribution in [-0.4, -0.2) is 33.2 Å². The lowest BCUT2D eigenvalue weighted by Crippen LogP contribution is -2.08. The quantitative estimate of drug-likeness (QED) is 0.654. The summed E-state index contributed by atoms with van der Waals surface area (Å²) in [5, 5.41) is 7.56. The highest BCUT2D eigenvalue weighted by Crippen LogP contribution is 2.18. The Kier molecular flexibility index (Phi) is 1.97. The van der Waals surface area contributed by atoms with E-state index in [4.69, 9.17) is 5.73 Å². The molecule has 0 bridgehead atoms. The maximum absolute atomic E-state index is 11.0. The van der Waals surface area contributed by atoms with Gasteiger partial charge in [0.1, 0.15) is 0 Å². The summed E-state index contributed by atoms with van der Waals surface area (Å²) >= 11 is 1.14. The van der Waals surface area contributed by atoms with Crippen molar-refractivity contribution in [2.24, 2.45) is 0 Å². The van der Waals surface area contributed by atoms with Crippen LogP contribution in [0.2, 0.25) is 0 Å². The standard InChI is InChI=1S/C6H5N5O2S/c1-13-5(12)3-8-4-2(10-11-3)9-6(7)14-4/h1H3,(H2,7,9,10). The van der Waals surface area contributed by atoms with Crippen molar-refractivity contribution in [2.75, 3.05) is 12.8 Å². The van der Waals surface area contributed by atoms with E-state index in [0.29, 0.717) is 15.6 Å². The van der Waals surface area contributed by atoms with E-state index in [2.05, 4.69) is 24.9 Å². The van der Waals surface area contributed by atoms with Crippen LogP contribution in [0.3, 0.4) is 0 Å². The van der Waals surface area contributed by atoms with E-state index >= 15 is 0 Å². The molecule has 0 fully saturated rings. The van der Waals surface area contributed by atoms with Gasteiger partial charge in [-0.3, -0.25) is 0 Å². The molecule has 0 saturated heterocycles. The fraction of sp³-hybridized carbons (Fsp3) is 0.167. The van der Waals surface area contributed by atoms with Gasteiger partial charge in [-0.15, -0.1) is 10.2 Å². The second kappa shape index (κ2) is 3.14. The molecular weight excluding hydrogens is 206 g/mol. The smallest absolute Gasteiger partial charge is 0.378 e. The number of ether oxygens (including phenoxy) is 1. The maximum atomic E-state index is 11.0. The van der Waals surface area contributed by atoms with Gasteiger partial charge in [0.05, 0.1) is 7.11 Å². The Morgan fingerprint density at radius 1 is 1.43 bits per heavy atom. The van der Waals surface area contributed by atoms with E-state index < -0.39 is 5.97 Å². The summed E-state index contributed by atoms with van der Waals surface area (Å²) in [5.74, 6) is -0.727. The number of esters is 1. The SMILES string of the molecule is COC(=O)c1nnc2nc(N)sc2n1. The molecule has 0 unspecified atom stereocenters. The van der Waals surface area contributed by atoms with Crippen molar-refractivity contribution >= 4 is 32.9 Å². The first-order valence-electron chi connectivity index (χ1n) is 3.56. The summed E-state index contributed by atoms with van der Waals surface area (Å²) in [7, 11) is 1.25. The van der Waals surface area contributed by atoms with Crippen LogP contribution in [0.4, 0.5) is 5.13 Å². The van der Waals surface area contributed by atoms with E-state index in [1.165, 1.54) is 7.11 Å². The summed E-state index contributed by atoms with van der Waals surface area (Å²) in [6.45, 7) is 0. The third-order valence-corrected chi connectivity index (χ3v) is 2.19. The highest BCUT2D eigenvalue weighted by molar-refractivity contribution is 7.21. The number of hydrogen-bond acceptors (Lipinski definition) is 8. The van der Waals surface area contributed by atoms with Gasteiger partial charge in [0.25, 0.3) is 5.82 Å². The fourth-order valence-corrected chi connectivity index (χ4v) is 1.49. The molecule has 14 heavy (non-hydrogen) atoms. The number of carbonyl (C=O) groups is 1. The number of nitrogens with zero attached hydrogens (tertiary/aromatic N) is 4. The van der Waals surface area contributed by atoms with Crippen LogP contribution in [0.5, 0.6) is 0 Å². The fourth-order valence-electron chi connectivity index (χ4n) is 0.849. The Hall–Kier alpha value is -1.83. The van der Waals surface area contributed by atoms with Gasteiger partial charge in [-0.2, -0.15) is 4.98 Å². The first-order chi connectivity index (χ1) is 6.70. The van der Waals surface area contributed by atoms with Gasteiger partial charge < -0.3 is 10.5 Å². The molecule has 0 aliphatic carbocycles. The molecule has 2 aromatic rings. The lowest BCUT2D eigenvalue weighted by Gasteiger charge is -1.93. The van der Waals surface area contributed by atoms with Crippen LogP contribution in [0.25, 0.3) is 10.5 Å². The van der Waals surface area contributed by atoms with Crippen molar-refractivity contribution in [3.8, 4) is 0 Å². The van der Waals surface area contributed by atoms with Crippen LogP contribution < -0.4 is 5.73 Å². The van der Waals surface area contributed by atoms with Crippen molar-refractivity contribution in [3.05, 3.63) is 5.82 Å². The van der Waals surface area contributed by atoms with E-state index in [0.717, 1.165) is 11.3 Å².